The molecule has 1 heterocycles. The minimum atomic E-state index is 0.461. The third-order valence-electron chi connectivity index (χ3n) is 4.11. The molecule has 0 fully saturated rings. The summed E-state index contributed by atoms with van der Waals surface area (Å²) >= 11 is 5.34. The molecular formula is C21H24N4O2S. The summed E-state index contributed by atoms with van der Waals surface area (Å²) < 4.78 is 13.4. The quantitative estimate of drug-likeness (QED) is 0.430. The highest BCUT2D eigenvalue weighted by molar-refractivity contribution is 7.71. The second kappa shape index (κ2) is 9.85. The van der Waals surface area contributed by atoms with Crippen molar-refractivity contribution >= 4 is 18.4 Å². The van der Waals surface area contributed by atoms with Crippen LogP contribution in [0.2, 0.25) is 0 Å². The highest BCUT2D eigenvalue weighted by Gasteiger charge is 2.07. The van der Waals surface area contributed by atoms with Crippen molar-refractivity contribution in [1.29, 1.82) is 0 Å². The minimum absolute atomic E-state index is 0.461. The van der Waals surface area contributed by atoms with Crippen molar-refractivity contribution in [2.24, 2.45) is 5.10 Å². The predicted octanol–water partition coefficient (Wildman–Crippen LogP) is 4.41. The molecule has 1 N–H and O–H groups in total. The lowest BCUT2D eigenvalue weighted by molar-refractivity contribution is 0.323. The molecule has 28 heavy (non-hydrogen) atoms. The van der Waals surface area contributed by atoms with E-state index in [4.69, 9.17) is 21.7 Å². The number of hydrogen-bond acceptors (Lipinski definition) is 5. The van der Waals surface area contributed by atoms with E-state index >= 15 is 0 Å². The van der Waals surface area contributed by atoms with E-state index in [0.29, 0.717) is 18.0 Å². The Bertz CT molecular complexity index is 980. The Morgan fingerprint density at radius 1 is 1.07 bits per heavy atom. The molecule has 1 aromatic heterocycles. The fourth-order valence-electron chi connectivity index (χ4n) is 2.78. The smallest absolute Gasteiger partial charge is 0.216 e. The maximum Gasteiger partial charge on any atom is 0.216 e. The van der Waals surface area contributed by atoms with Gasteiger partial charge >= 0.3 is 0 Å². The lowest BCUT2D eigenvalue weighted by Gasteiger charge is -2.10. The molecule has 0 bridgehead atoms. The maximum atomic E-state index is 5.73. The molecule has 3 rings (SSSR count). The molecule has 3 aromatic rings. The molecule has 0 aliphatic rings. The molecule has 0 saturated heterocycles. The molecule has 6 nitrogen and oxygen atoms in total. The fraction of sp³-hybridized carbons (Fsp3) is 0.286. The summed E-state index contributed by atoms with van der Waals surface area (Å²) in [4.78, 5) is 0. The second-order valence-electron chi connectivity index (χ2n) is 6.05. The van der Waals surface area contributed by atoms with Gasteiger partial charge < -0.3 is 9.47 Å². The van der Waals surface area contributed by atoms with Gasteiger partial charge in [-0.2, -0.15) is 14.9 Å². The van der Waals surface area contributed by atoms with Crippen LogP contribution in [0.15, 0.2) is 53.6 Å². The van der Waals surface area contributed by atoms with E-state index in [2.05, 4.69) is 27.4 Å². The lowest BCUT2D eigenvalue weighted by Crippen LogP contribution is -2.03. The monoisotopic (exact) mass is 396 g/mol. The standard InChI is InChI=1S/C21H24N4O2S/c1-3-26-18-12-11-17(19(14-18)27-4-2)15-22-25-20(23-24-21(25)28)13-10-16-8-6-5-7-9-16/h5-9,11-12,14-15H,3-4,10,13H2,1-2H3,(H,24,28)/b22-15-. The normalized spacial score (nSPS) is 11.1. The van der Waals surface area contributed by atoms with Gasteiger partial charge in [0.05, 0.1) is 19.4 Å². The number of nitrogens with one attached hydrogen (secondary N) is 1. The van der Waals surface area contributed by atoms with E-state index in [-0.39, 0.29) is 0 Å². The van der Waals surface area contributed by atoms with E-state index in [9.17, 15) is 0 Å². The third kappa shape index (κ3) is 5.07. The number of aromatic nitrogens is 3. The molecular weight excluding hydrogens is 372 g/mol. The molecule has 2 aromatic carbocycles. The number of hydrogen-bond donors (Lipinski definition) is 1. The van der Waals surface area contributed by atoms with E-state index in [1.54, 1.807) is 10.9 Å². The van der Waals surface area contributed by atoms with Gasteiger partial charge in [-0.3, -0.25) is 5.10 Å². The van der Waals surface area contributed by atoms with E-state index in [1.807, 2.05) is 50.2 Å². The first kappa shape index (κ1) is 19.8. The summed E-state index contributed by atoms with van der Waals surface area (Å²) in [5.74, 6) is 2.28. The summed E-state index contributed by atoms with van der Waals surface area (Å²) in [6.07, 6.45) is 3.33. The zero-order chi connectivity index (χ0) is 19.8. The van der Waals surface area contributed by atoms with Crippen LogP contribution in [0.3, 0.4) is 0 Å². The first-order valence-electron chi connectivity index (χ1n) is 9.35. The average molecular weight is 397 g/mol. The molecule has 0 unspecified atom stereocenters. The molecule has 0 saturated carbocycles. The van der Waals surface area contributed by atoms with Crippen LogP contribution in [0.1, 0.15) is 30.8 Å². The van der Waals surface area contributed by atoms with Gasteiger partial charge in [-0.15, -0.1) is 0 Å². The number of aryl methyl sites for hydroxylation is 2. The number of rotatable bonds is 9. The van der Waals surface area contributed by atoms with Crippen LogP contribution in [0.4, 0.5) is 0 Å². The van der Waals surface area contributed by atoms with Gasteiger partial charge in [-0.05, 0) is 50.2 Å². The lowest BCUT2D eigenvalue weighted by atomic mass is 10.1. The number of aromatic amines is 1. The summed E-state index contributed by atoms with van der Waals surface area (Å²) in [5.41, 5.74) is 2.10. The van der Waals surface area contributed by atoms with Crippen LogP contribution in [0.25, 0.3) is 0 Å². The van der Waals surface area contributed by atoms with Crippen LogP contribution < -0.4 is 9.47 Å². The largest absolute Gasteiger partial charge is 0.494 e. The minimum Gasteiger partial charge on any atom is -0.494 e. The summed E-state index contributed by atoms with van der Waals surface area (Å²) in [5, 5.41) is 11.7. The molecule has 0 aliphatic carbocycles. The van der Waals surface area contributed by atoms with Gasteiger partial charge in [0.2, 0.25) is 4.77 Å². The highest BCUT2D eigenvalue weighted by Crippen LogP contribution is 2.24. The van der Waals surface area contributed by atoms with Crippen molar-refractivity contribution in [2.75, 3.05) is 13.2 Å². The molecule has 0 radical (unpaired) electrons. The zero-order valence-electron chi connectivity index (χ0n) is 16.1. The van der Waals surface area contributed by atoms with Crippen LogP contribution in [0, 0.1) is 4.77 Å². The van der Waals surface area contributed by atoms with Crippen molar-refractivity contribution in [3.8, 4) is 11.5 Å². The fourth-order valence-corrected chi connectivity index (χ4v) is 2.98. The first-order valence-corrected chi connectivity index (χ1v) is 9.76. The first-order chi connectivity index (χ1) is 13.7. The van der Waals surface area contributed by atoms with Gasteiger partial charge in [0.1, 0.15) is 11.5 Å². The molecule has 146 valence electrons. The Morgan fingerprint density at radius 2 is 1.86 bits per heavy atom. The van der Waals surface area contributed by atoms with E-state index in [0.717, 1.165) is 35.7 Å². The Labute approximate surface area is 169 Å². The van der Waals surface area contributed by atoms with E-state index in [1.165, 1.54) is 5.56 Å². The Hall–Kier alpha value is -2.93. The van der Waals surface area contributed by atoms with Gasteiger partial charge in [-0.25, -0.2) is 0 Å². The van der Waals surface area contributed by atoms with Crippen molar-refractivity contribution < 1.29 is 9.47 Å². The Balaban J connectivity index is 1.80. The van der Waals surface area contributed by atoms with Crippen LogP contribution in [-0.4, -0.2) is 34.3 Å². The number of H-pyrrole nitrogens is 1. The molecule has 0 atom stereocenters. The van der Waals surface area contributed by atoms with E-state index < -0.39 is 0 Å². The summed E-state index contributed by atoms with van der Waals surface area (Å²) in [7, 11) is 0. The zero-order valence-corrected chi connectivity index (χ0v) is 16.9. The van der Waals surface area contributed by atoms with Crippen molar-refractivity contribution in [1.82, 2.24) is 14.9 Å². The summed E-state index contributed by atoms with van der Waals surface area (Å²) in [6.45, 7) is 5.06. The maximum absolute atomic E-state index is 5.73. The number of nitrogens with zero attached hydrogens (tertiary/aromatic N) is 3. The predicted molar refractivity (Wildman–Crippen MR) is 113 cm³/mol. The van der Waals surface area contributed by atoms with Crippen LogP contribution in [0.5, 0.6) is 11.5 Å². The van der Waals surface area contributed by atoms with Crippen LogP contribution in [-0.2, 0) is 12.8 Å². The van der Waals surface area contributed by atoms with Gasteiger partial charge in [0, 0.05) is 18.1 Å². The molecule has 7 heteroatoms. The van der Waals surface area contributed by atoms with Gasteiger partial charge in [0.15, 0.2) is 5.82 Å². The average Bonchev–Trinajstić information content (AvgIpc) is 3.07. The number of benzene rings is 2. The van der Waals surface area contributed by atoms with Crippen molar-refractivity contribution in [3.05, 3.63) is 70.3 Å². The SMILES string of the molecule is CCOc1ccc(/C=N\n2c(CCc3ccccc3)n[nH]c2=S)c(OCC)c1. The van der Waals surface area contributed by atoms with Gasteiger partial charge in [0.25, 0.3) is 0 Å². The van der Waals surface area contributed by atoms with Gasteiger partial charge in [-0.1, -0.05) is 30.3 Å². The topological polar surface area (TPSA) is 64.4 Å². The van der Waals surface area contributed by atoms with Crippen LogP contribution >= 0.6 is 12.2 Å². The Morgan fingerprint density at radius 3 is 2.61 bits per heavy atom. The number of ether oxygens (including phenoxy) is 2. The molecule has 0 amide bonds. The summed E-state index contributed by atoms with van der Waals surface area (Å²) in [6, 6.07) is 16.0. The van der Waals surface area contributed by atoms with Crippen molar-refractivity contribution in [2.45, 2.75) is 26.7 Å². The Kier molecular flexibility index (Phi) is 6.97. The molecule has 0 aliphatic heterocycles. The molecule has 0 spiro atoms. The highest BCUT2D eigenvalue weighted by atomic mass is 32.1. The third-order valence-corrected chi connectivity index (χ3v) is 4.37. The second-order valence-corrected chi connectivity index (χ2v) is 6.44. The van der Waals surface area contributed by atoms with Crippen molar-refractivity contribution in [3.63, 3.8) is 0 Å².